The minimum absolute atomic E-state index is 0.147. The van der Waals surface area contributed by atoms with Crippen LogP contribution < -0.4 is 15.9 Å². The second kappa shape index (κ2) is 8.06. The zero-order valence-electron chi connectivity index (χ0n) is 16.2. The van der Waals surface area contributed by atoms with Gasteiger partial charge in [0, 0.05) is 0 Å². The van der Waals surface area contributed by atoms with Crippen molar-refractivity contribution in [3.8, 4) is 0 Å². The fourth-order valence-corrected chi connectivity index (χ4v) is 7.97. The Morgan fingerprint density at radius 2 is 1.04 bits per heavy atom. The van der Waals surface area contributed by atoms with E-state index < -0.39 is 12.9 Å². The summed E-state index contributed by atoms with van der Waals surface area (Å²) in [5, 5.41) is 3.65. The molecular weight excluding hydrogens is 351 g/mol. The van der Waals surface area contributed by atoms with Crippen molar-refractivity contribution >= 4 is 29.1 Å². The minimum atomic E-state index is -2.56. The predicted molar refractivity (Wildman–Crippen MR) is 117 cm³/mol. The summed E-state index contributed by atoms with van der Waals surface area (Å²) in [6.07, 6.45) is 0.377. The summed E-state index contributed by atoms with van der Waals surface area (Å²) < 4.78 is 5.75. The van der Waals surface area contributed by atoms with Gasteiger partial charge in [-0.2, -0.15) is 0 Å². The molecule has 3 heteroatoms. The molecule has 0 bridgehead atoms. The Bertz CT molecular complexity index is 772. The third-order valence-electron chi connectivity index (χ3n) is 4.63. The molecule has 0 radical (unpaired) electrons. The van der Waals surface area contributed by atoms with Crippen LogP contribution in [-0.2, 0) is 9.53 Å². The SMILES string of the molecule is CC(C)(C)OC(=O)C[PH](c1ccccc1)(c1ccccc1)c1ccccc1. The van der Waals surface area contributed by atoms with Gasteiger partial charge in [-0.3, -0.25) is 0 Å². The number of hydrogen-bond acceptors (Lipinski definition) is 2. The van der Waals surface area contributed by atoms with Gasteiger partial charge in [-0.25, -0.2) is 0 Å². The van der Waals surface area contributed by atoms with Crippen molar-refractivity contribution < 1.29 is 9.53 Å². The molecule has 2 nitrogen and oxygen atoms in total. The molecule has 0 saturated heterocycles. The number of hydrogen-bond donors (Lipinski definition) is 0. The van der Waals surface area contributed by atoms with E-state index in [1.165, 1.54) is 15.9 Å². The molecule has 0 fully saturated rings. The van der Waals surface area contributed by atoms with Crippen molar-refractivity contribution in [1.29, 1.82) is 0 Å². The summed E-state index contributed by atoms with van der Waals surface area (Å²) in [6.45, 7) is 5.76. The Balaban J connectivity index is 2.21. The Hall–Kier alpha value is -2.44. The van der Waals surface area contributed by atoms with Gasteiger partial charge in [0.05, 0.1) is 0 Å². The van der Waals surface area contributed by atoms with Gasteiger partial charge in [0.25, 0.3) is 0 Å². The summed E-state index contributed by atoms with van der Waals surface area (Å²) in [5.74, 6) is -0.147. The summed E-state index contributed by atoms with van der Waals surface area (Å²) >= 11 is 0. The van der Waals surface area contributed by atoms with Crippen LogP contribution in [0.3, 0.4) is 0 Å². The van der Waals surface area contributed by atoms with E-state index in [9.17, 15) is 4.79 Å². The Morgan fingerprint density at radius 1 is 0.704 bits per heavy atom. The standard InChI is InChI=1S/C24H27O2P/c1-24(2,3)26-23(25)19-27(20-13-7-4-8-14-20,21-15-9-5-10-16-21)22-17-11-6-12-18-22/h4-18,27H,19H2,1-3H3. The molecule has 0 amide bonds. The second-order valence-electron chi connectivity index (χ2n) is 7.77. The third-order valence-corrected chi connectivity index (χ3v) is 9.41. The van der Waals surface area contributed by atoms with Gasteiger partial charge in [0.15, 0.2) is 0 Å². The van der Waals surface area contributed by atoms with Crippen LogP contribution in [0.5, 0.6) is 0 Å². The van der Waals surface area contributed by atoms with Crippen molar-refractivity contribution in [2.75, 3.05) is 6.16 Å². The molecule has 0 heterocycles. The fourth-order valence-electron chi connectivity index (χ4n) is 3.57. The summed E-state index contributed by atoms with van der Waals surface area (Å²) in [5.41, 5.74) is -0.499. The molecule has 3 aromatic rings. The number of carbonyl (C=O) groups excluding carboxylic acids is 1. The van der Waals surface area contributed by atoms with Gasteiger partial charge in [0.1, 0.15) is 0 Å². The van der Waals surface area contributed by atoms with Gasteiger partial charge < -0.3 is 0 Å². The first kappa shape index (κ1) is 19.3. The molecule has 0 N–H and O–H groups in total. The number of esters is 1. The van der Waals surface area contributed by atoms with Crippen molar-refractivity contribution in [1.82, 2.24) is 0 Å². The molecule has 0 aromatic heterocycles. The maximum absolute atomic E-state index is 13.0. The van der Waals surface area contributed by atoms with E-state index in [0.717, 1.165) is 0 Å². The van der Waals surface area contributed by atoms with Crippen LogP contribution in [0.1, 0.15) is 20.8 Å². The van der Waals surface area contributed by atoms with E-state index in [4.69, 9.17) is 4.74 Å². The van der Waals surface area contributed by atoms with E-state index in [2.05, 4.69) is 72.8 Å². The normalized spacial score (nSPS) is 12.4. The first-order valence-corrected chi connectivity index (χ1v) is 11.5. The number of carbonyl (C=O) groups is 1. The molecule has 0 saturated carbocycles. The van der Waals surface area contributed by atoms with Gasteiger partial charge >= 0.3 is 162 Å². The van der Waals surface area contributed by atoms with Crippen LogP contribution >= 0.6 is 7.26 Å². The third kappa shape index (κ3) is 4.46. The van der Waals surface area contributed by atoms with E-state index in [0.29, 0.717) is 6.16 Å². The molecule has 0 aliphatic heterocycles. The molecule has 0 aliphatic rings. The zero-order valence-corrected chi connectivity index (χ0v) is 17.2. The Kier molecular flexibility index (Phi) is 5.77. The maximum atomic E-state index is 13.0. The molecule has 3 aromatic carbocycles. The van der Waals surface area contributed by atoms with Crippen molar-refractivity contribution in [3.05, 3.63) is 91.0 Å². The predicted octanol–water partition coefficient (Wildman–Crippen LogP) is 4.05. The van der Waals surface area contributed by atoms with Gasteiger partial charge in [-0.1, -0.05) is 0 Å². The molecular formula is C24H27O2P. The number of rotatable bonds is 5. The summed E-state index contributed by atoms with van der Waals surface area (Å²) in [4.78, 5) is 13.0. The Labute approximate surface area is 162 Å². The van der Waals surface area contributed by atoms with E-state index >= 15 is 0 Å². The van der Waals surface area contributed by atoms with Crippen molar-refractivity contribution in [3.63, 3.8) is 0 Å². The van der Waals surface area contributed by atoms with E-state index in [1.807, 2.05) is 39.0 Å². The van der Waals surface area contributed by atoms with Gasteiger partial charge in [-0.15, -0.1) is 0 Å². The molecule has 0 unspecified atom stereocenters. The number of benzene rings is 3. The molecule has 3 rings (SSSR count). The Morgan fingerprint density at radius 3 is 1.33 bits per heavy atom. The van der Waals surface area contributed by atoms with E-state index in [-0.39, 0.29) is 5.97 Å². The quantitative estimate of drug-likeness (QED) is 0.494. The van der Waals surface area contributed by atoms with Crippen molar-refractivity contribution in [2.24, 2.45) is 0 Å². The van der Waals surface area contributed by atoms with Crippen LogP contribution in [-0.4, -0.2) is 17.7 Å². The molecule has 140 valence electrons. The summed E-state index contributed by atoms with van der Waals surface area (Å²) in [7, 11) is -2.56. The first-order chi connectivity index (χ1) is 12.9. The fraction of sp³-hybridized carbons (Fsp3) is 0.208. The van der Waals surface area contributed by atoms with Gasteiger partial charge in [0.2, 0.25) is 0 Å². The average Bonchev–Trinajstić information content (AvgIpc) is 2.67. The molecule has 0 spiro atoms. The zero-order chi connectivity index (χ0) is 19.3. The molecule has 0 atom stereocenters. The van der Waals surface area contributed by atoms with Crippen LogP contribution in [0.2, 0.25) is 0 Å². The van der Waals surface area contributed by atoms with E-state index in [1.54, 1.807) is 0 Å². The number of ether oxygens (including phenoxy) is 1. The van der Waals surface area contributed by atoms with Crippen LogP contribution in [0, 0.1) is 0 Å². The van der Waals surface area contributed by atoms with Crippen LogP contribution in [0.25, 0.3) is 0 Å². The average molecular weight is 378 g/mol. The molecule has 0 aliphatic carbocycles. The first-order valence-electron chi connectivity index (χ1n) is 9.30. The molecule has 27 heavy (non-hydrogen) atoms. The van der Waals surface area contributed by atoms with Crippen LogP contribution in [0.4, 0.5) is 0 Å². The van der Waals surface area contributed by atoms with Gasteiger partial charge in [-0.05, 0) is 0 Å². The topological polar surface area (TPSA) is 26.3 Å². The monoisotopic (exact) mass is 378 g/mol. The second-order valence-corrected chi connectivity index (χ2v) is 11.7. The van der Waals surface area contributed by atoms with Crippen LogP contribution in [0.15, 0.2) is 91.0 Å². The summed E-state index contributed by atoms with van der Waals surface area (Å²) in [6, 6.07) is 31.3. The van der Waals surface area contributed by atoms with Crippen molar-refractivity contribution in [2.45, 2.75) is 26.4 Å².